The molecule has 33 heavy (non-hydrogen) atoms. The van der Waals surface area contributed by atoms with Crippen LogP contribution in [0.1, 0.15) is 35.4 Å². The van der Waals surface area contributed by atoms with Gasteiger partial charge in [0.15, 0.2) is 11.5 Å². The summed E-state index contributed by atoms with van der Waals surface area (Å²) in [5, 5.41) is 12.2. The number of carbonyl (C=O) groups excluding carboxylic acids is 2. The fraction of sp³-hybridized carbons (Fsp3) is 0.250. The van der Waals surface area contributed by atoms with Gasteiger partial charge in [-0.15, -0.1) is 10.2 Å². The van der Waals surface area contributed by atoms with E-state index in [0.29, 0.717) is 29.6 Å². The van der Waals surface area contributed by atoms with Crippen LogP contribution >= 0.6 is 11.3 Å². The van der Waals surface area contributed by atoms with Crippen LogP contribution in [-0.2, 0) is 16.0 Å². The molecule has 1 N–H and O–H groups in total. The topological polar surface area (TPSA) is 93.7 Å². The van der Waals surface area contributed by atoms with Crippen LogP contribution in [0.3, 0.4) is 0 Å². The van der Waals surface area contributed by atoms with E-state index in [1.807, 2.05) is 36.4 Å². The minimum absolute atomic E-state index is 0.0457. The molecule has 0 radical (unpaired) electrons. The van der Waals surface area contributed by atoms with Crippen molar-refractivity contribution in [2.75, 3.05) is 23.6 Å². The van der Waals surface area contributed by atoms with E-state index in [1.165, 1.54) is 23.0 Å². The quantitative estimate of drug-likeness (QED) is 0.557. The van der Waals surface area contributed by atoms with Crippen molar-refractivity contribution in [1.29, 1.82) is 0 Å². The van der Waals surface area contributed by atoms with Crippen molar-refractivity contribution in [3.8, 4) is 11.5 Å². The maximum Gasteiger partial charge on any atom is 0.250 e. The summed E-state index contributed by atoms with van der Waals surface area (Å²) in [7, 11) is 0. The van der Waals surface area contributed by atoms with E-state index in [4.69, 9.17) is 9.47 Å². The number of hydrogen-bond acceptors (Lipinski definition) is 7. The van der Waals surface area contributed by atoms with Gasteiger partial charge in [-0.05, 0) is 47.9 Å². The summed E-state index contributed by atoms with van der Waals surface area (Å²) < 4.78 is 10.6. The van der Waals surface area contributed by atoms with Crippen LogP contribution in [0.2, 0.25) is 0 Å². The van der Waals surface area contributed by atoms with Gasteiger partial charge in [0, 0.05) is 30.6 Å². The van der Waals surface area contributed by atoms with Crippen LogP contribution in [-0.4, -0.2) is 35.3 Å². The molecule has 1 aromatic heterocycles. The summed E-state index contributed by atoms with van der Waals surface area (Å²) in [5.74, 6) is 1.07. The molecule has 1 atom stereocenters. The molecule has 0 bridgehead atoms. The summed E-state index contributed by atoms with van der Waals surface area (Å²) >= 11 is 1.30. The van der Waals surface area contributed by atoms with E-state index in [9.17, 15) is 9.59 Å². The summed E-state index contributed by atoms with van der Waals surface area (Å²) in [5.41, 5.74) is 2.95. The van der Waals surface area contributed by atoms with E-state index in [2.05, 4.69) is 22.4 Å². The highest BCUT2D eigenvalue weighted by Gasteiger charge is 2.34. The smallest absolute Gasteiger partial charge is 0.250 e. The van der Waals surface area contributed by atoms with Gasteiger partial charge in [-0.2, -0.15) is 0 Å². The highest BCUT2D eigenvalue weighted by atomic mass is 32.1. The van der Waals surface area contributed by atoms with E-state index in [-0.39, 0.29) is 24.5 Å². The molecule has 3 heterocycles. The minimum atomic E-state index is -0.310. The Morgan fingerprint density at radius 3 is 2.82 bits per heavy atom. The number of fused-ring (bicyclic) bond motifs is 1. The van der Waals surface area contributed by atoms with Crippen molar-refractivity contribution < 1.29 is 19.1 Å². The number of aromatic nitrogens is 2. The van der Waals surface area contributed by atoms with Gasteiger partial charge < -0.3 is 14.4 Å². The zero-order chi connectivity index (χ0) is 22.8. The second kappa shape index (κ2) is 9.03. The highest BCUT2D eigenvalue weighted by molar-refractivity contribution is 7.15. The lowest BCUT2D eigenvalue weighted by molar-refractivity contribution is -0.117. The molecular weight excluding hydrogens is 440 g/mol. The zero-order valence-corrected chi connectivity index (χ0v) is 18.8. The van der Waals surface area contributed by atoms with Gasteiger partial charge in [-0.1, -0.05) is 36.5 Å². The third-order valence-corrected chi connectivity index (χ3v) is 6.63. The molecular formula is C24H22N4O4S. The van der Waals surface area contributed by atoms with Gasteiger partial charge in [0.05, 0.1) is 0 Å². The Labute approximate surface area is 194 Å². The molecule has 0 saturated carbocycles. The molecule has 1 saturated heterocycles. The molecule has 2 aliphatic heterocycles. The van der Waals surface area contributed by atoms with Crippen molar-refractivity contribution in [3.05, 3.63) is 64.7 Å². The van der Waals surface area contributed by atoms with Crippen molar-refractivity contribution in [2.24, 2.45) is 0 Å². The van der Waals surface area contributed by atoms with Crippen molar-refractivity contribution >= 4 is 40.0 Å². The average Bonchev–Trinajstić information content (AvgIpc) is 3.57. The van der Waals surface area contributed by atoms with Crippen LogP contribution in [0.5, 0.6) is 11.5 Å². The van der Waals surface area contributed by atoms with Gasteiger partial charge >= 0.3 is 0 Å². The molecule has 9 heteroatoms. The van der Waals surface area contributed by atoms with Crippen LogP contribution < -0.4 is 19.7 Å². The normalized spacial score (nSPS) is 17.2. The molecule has 2 amide bonds. The first-order valence-electron chi connectivity index (χ1n) is 10.7. The highest BCUT2D eigenvalue weighted by Crippen LogP contribution is 2.35. The maximum absolute atomic E-state index is 12.6. The molecule has 168 valence electrons. The molecule has 2 aliphatic rings. The Hall–Kier alpha value is -3.72. The summed E-state index contributed by atoms with van der Waals surface area (Å²) in [4.78, 5) is 26.7. The van der Waals surface area contributed by atoms with E-state index < -0.39 is 0 Å². The maximum atomic E-state index is 12.6. The van der Waals surface area contributed by atoms with Crippen LogP contribution in [0.25, 0.3) is 6.08 Å². The van der Waals surface area contributed by atoms with E-state index >= 15 is 0 Å². The number of rotatable bonds is 6. The van der Waals surface area contributed by atoms with Crippen molar-refractivity contribution in [2.45, 2.75) is 25.7 Å². The van der Waals surface area contributed by atoms with Crippen LogP contribution in [0.4, 0.5) is 10.8 Å². The first kappa shape index (κ1) is 21.1. The number of nitrogens with zero attached hydrogens (tertiary/aromatic N) is 3. The van der Waals surface area contributed by atoms with Gasteiger partial charge in [0.2, 0.25) is 23.7 Å². The molecule has 3 aromatic rings. The van der Waals surface area contributed by atoms with Crippen molar-refractivity contribution in [3.63, 3.8) is 0 Å². The lowest BCUT2D eigenvalue weighted by Gasteiger charge is -2.16. The molecule has 0 aliphatic carbocycles. The van der Waals surface area contributed by atoms with Gasteiger partial charge in [0.25, 0.3) is 0 Å². The standard InChI is InChI=1S/C24H22N4O4S/c1-2-15-3-7-18(8-4-15)28-13-17(12-22(28)30)23-26-27-24(33-23)25-21(29)10-6-16-5-9-19-20(11-16)32-14-31-19/h3-11,17H,2,12-14H2,1H3,(H,25,27,29)/b10-6+/t17-/m0/s1. The predicted octanol–water partition coefficient (Wildman–Crippen LogP) is 4.00. The van der Waals surface area contributed by atoms with E-state index in [1.54, 1.807) is 17.0 Å². The SMILES string of the molecule is CCc1ccc(N2C[C@@H](c3nnc(NC(=O)/C=C/c4ccc5c(c4)OCO5)s3)CC2=O)cc1. The number of ether oxygens (including phenoxy) is 2. The Morgan fingerprint density at radius 2 is 2.00 bits per heavy atom. The van der Waals surface area contributed by atoms with Crippen LogP contribution in [0.15, 0.2) is 48.5 Å². The fourth-order valence-electron chi connectivity index (χ4n) is 3.82. The second-order valence-electron chi connectivity index (χ2n) is 7.81. The van der Waals surface area contributed by atoms with Gasteiger partial charge in [-0.25, -0.2) is 0 Å². The number of benzene rings is 2. The lowest BCUT2D eigenvalue weighted by atomic mass is 10.1. The molecule has 0 spiro atoms. The first-order valence-corrected chi connectivity index (χ1v) is 11.5. The first-order chi connectivity index (χ1) is 16.1. The van der Waals surface area contributed by atoms with Crippen LogP contribution in [0, 0.1) is 0 Å². The summed E-state index contributed by atoms with van der Waals surface area (Å²) in [6, 6.07) is 13.5. The number of aryl methyl sites for hydroxylation is 1. The molecule has 2 aromatic carbocycles. The van der Waals surface area contributed by atoms with E-state index in [0.717, 1.165) is 22.7 Å². The predicted molar refractivity (Wildman–Crippen MR) is 126 cm³/mol. The number of amides is 2. The number of hydrogen-bond donors (Lipinski definition) is 1. The number of nitrogens with one attached hydrogen (secondary N) is 1. The molecule has 5 rings (SSSR count). The Kier molecular flexibility index (Phi) is 5.78. The zero-order valence-electron chi connectivity index (χ0n) is 18.0. The monoisotopic (exact) mass is 462 g/mol. The Balaban J connectivity index is 1.20. The number of anilines is 2. The Bertz CT molecular complexity index is 1220. The summed E-state index contributed by atoms with van der Waals surface area (Å²) in [6.45, 7) is 2.86. The second-order valence-corrected chi connectivity index (χ2v) is 8.82. The fourth-order valence-corrected chi connectivity index (χ4v) is 4.66. The Morgan fingerprint density at radius 1 is 1.18 bits per heavy atom. The largest absolute Gasteiger partial charge is 0.454 e. The van der Waals surface area contributed by atoms with Crippen molar-refractivity contribution in [1.82, 2.24) is 10.2 Å². The average molecular weight is 463 g/mol. The van der Waals surface area contributed by atoms with Gasteiger partial charge in [-0.3, -0.25) is 14.9 Å². The molecule has 1 fully saturated rings. The third-order valence-electron chi connectivity index (χ3n) is 5.63. The summed E-state index contributed by atoms with van der Waals surface area (Å²) in [6.07, 6.45) is 4.46. The number of carbonyl (C=O) groups is 2. The van der Waals surface area contributed by atoms with Gasteiger partial charge in [0.1, 0.15) is 5.01 Å². The lowest BCUT2D eigenvalue weighted by Crippen LogP contribution is -2.24. The third kappa shape index (κ3) is 4.58. The molecule has 8 nitrogen and oxygen atoms in total. The molecule has 0 unspecified atom stereocenters. The minimum Gasteiger partial charge on any atom is -0.454 e.